The number of anilines is 2. The molecule has 0 aliphatic carbocycles. The van der Waals surface area contributed by atoms with Crippen LogP contribution in [0.25, 0.3) is 10.6 Å². The number of nitrogen functional groups attached to an aromatic ring is 1. The molecule has 2 rings (SSSR count). The zero-order valence-electron chi connectivity index (χ0n) is 9.69. The van der Waals surface area contributed by atoms with Gasteiger partial charge in [0, 0.05) is 30.2 Å². The highest BCUT2D eigenvalue weighted by atomic mass is 32.1. The molecule has 1 aromatic carbocycles. The van der Waals surface area contributed by atoms with E-state index < -0.39 is 0 Å². The molecule has 1 heterocycles. The van der Waals surface area contributed by atoms with Crippen molar-refractivity contribution in [2.24, 2.45) is 0 Å². The Labute approximate surface area is 99.5 Å². The second-order valence-corrected chi connectivity index (χ2v) is 5.10. The standard InChI is InChI=1S/C12H15N3S/c1-8-11(13)14-12(16-8)9-4-6-10(7-5-9)15(2)3/h4-7H,13H2,1-3H3. The summed E-state index contributed by atoms with van der Waals surface area (Å²) in [6.45, 7) is 1.99. The third-order valence-corrected chi connectivity index (χ3v) is 3.50. The first kappa shape index (κ1) is 11.0. The second-order valence-electron chi connectivity index (χ2n) is 3.90. The van der Waals surface area contributed by atoms with Crippen LogP contribution in [0.2, 0.25) is 0 Å². The third-order valence-electron chi connectivity index (χ3n) is 2.46. The lowest BCUT2D eigenvalue weighted by Gasteiger charge is -2.11. The quantitative estimate of drug-likeness (QED) is 0.867. The van der Waals surface area contributed by atoms with Crippen molar-refractivity contribution in [3.63, 3.8) is 0 Å². The molecule has 1 aromatic heterocycles. The van der Waals surface area contributed by atoms with Gasteiger partial charge in [-0.3, -0.25) is 0 Å². The molecular weight excluding hydrogens is 218 g/mol. The molecule has 0 aliphatic rings. The van der Waals surface area contributed by atoms with Crippen LogP contribution in [0.1, 0.15) is 4.88 Å². The molecular formula is C12H15N3S. The molecule has 0 saturated heterocycles. The summed E-state index contributed by atoms with van der Waals surface area (Å²) in [6, 6.07) is 8.32. The Morgan fingerprint density at radius 1 is 1.19 bits per heavy atom. The molecule has 4 heteroatoms. The Morgan fingerprint density at radius 3 is 2.25 bits per heavy atom. The van der Waals surface area contributed by atoms with Crippen molar-refractivity contribution in [1.29, 1.82) is 0 Å². The van der Waals surface area contributed by atoms with E-state index in [1.807, 2.05) is 21.0 Å². The van der Waals surface area contributed by atoms with E-state index >= 15 is 0 Å². The molecule has 0 amide bonds. The summed E-state index contributed by atoms with van der Waals surface area (Å²) >= 11 is 1.63. The number of hydrogen-bond donors (Lipinski definition) is 1. The lowest BCUT2D eigenvalue weighted by atomic mass is 10.2. The van der Waals surface area contributed by atoms with Gasteiger partial charge in [-0.05, 0) is 31.2 Å². The van der Waals surface area contributed by atoms with Crippen molar-refractivity contribution in [2.45, 2.75) is 6.92 Å². The maximum absolute atomic E-state index is 5.75. The van der Waals surface area contributed by atoms with E-state index in [2.05, 4.69) is 34.1 Å². The fourth-order valence-corrected chi connectivity index (χ4v) is 2.27. The largest absolute Gasteiger partial charge is 0.383 e. The van der Waals surface area contributed by atoms with E-state index in [1.165, 1.54) is 5.69 Å². The summed E-state index contributed by atoms with van der Waals surface area (Å²) < 4.78 is 0. The summed E-state index contributed by atoms with van der Waals surface area (Å²) in [5.41, 5.74) is 8.05. The van der Waals surface area contributed by atoms with Crippen LogP contribution in [0.5, 0.6) is 0 Å². The number of nitrogens with two attached hydrogens (primary N) is 1. The van der Waals surface area contributed by atoms with Gasteiger partial charge in [0.05, 0.1) is 0 Å². The fraction of sp³-hybridized carbons (Fsp3) is 0.250. The van der Waals surface area contributed by atoms with Crippen molar-refractivity contribution in [2.75, 3.05) is 24.7 Å². The van der Waals surface area contributed by atoms with Crippen molar-refractivity contribution < 1.29 is 0 Å². The van der Waals surface area contributed by atoms with Gasteiger partial charge in [-0.25, -0.2) is 4.98 Å². The minimum atomic E-state index is 0.636. The van der Waals surface area contributed by atoms with Crippen molar-refractivity contribution in [3.05, 3.63) is 29.1 Å². The van der Waals surface area contributed by atoms with E-state index in [0.717, 1.165) is 15.4 Å². The highest BCUT2D eigenvalue weighted by molar-refractivity contribution is 7.15. The summed E-state index contributed by atoms with van der Waals surface area (Å²) in [7, 11) is 4.06. The van der Waals surface area contributed by atoms with Gasteiger partial charge in [0.15, 0.2) is 0 Å². The highest BCUT2D eigenvalue weighted by Crippen LogP contribution is 2.29. The lowest BCUT2D eigenvalue weighted by Crippen LogP contribution is -2.07. The molecule has 0 aliphatic heterocycles. The first-order valence-corrected chi connectivity index (χ1v) is 5.90. The van der Waals surface area contributed by atoms with Gasteiger partial charge in [0.25, 0.3) is 0 Å². The number of aryl methyl sites for hydroxylation is 1. The lowest BCUT2D eigenvalue weighted by molar-refractivity contribution is 1.13. The molecule has 0 spiro atoms. The van der Waals surface area contributed by atoms with Gasteiger partial charge in [-0.2, -0.15) is 0 Å². The molecule has 3 nitrogen and oxygen atoms in total. The SMILES string of the molecule is Cc1sc(-c2ccc(N(C)C)cc2)nc1N. The molecule has 0 saturated carbocycles. The molecule has 2 N–H and O–H groups in total. The average Bonchev–Trinajstić information content (AvgIpc) is 2.59. The van der Waals surface area contributed by atoms with Crippen molar-refractivity contribution >= 4 is 22.8 Å². The van der Waals surface area contributed by atoms with Crippen LogP contribution in [0.15, 0.2) is 24.3 Å². The zero-order chi connectivity index (χ0) is 11.7. The van der Waals surface area contributed by atoms with E-state index in [0.29, 0.717) is 5.82 Å². The maximum atomic E-state index is 5.75. The van der Waals surface area contributed by atoms with Gasteiger partial charge in [0.2, 0.25) is 0 Å². The Morgan fingerprint density at radius 2 is 1.81 bits per heavy atom. The third kappa shape index (κ3) is 2.02. The minimum Gasteiger partial charge on any atom is -0.383 e. The van der Waals surface area contributed by atoms with Crippen LogP contribution in [0.3, 0.4) is 0 Å². The first-order chi connectivity index (χ1) is 7.58. The fourth-order valence-electron chi connectivity index (χ4n) is 1.43. The number of hydrogen-bond acceptors (Lipinski definition) is 4. The van der Waals surface area contributed by atoms with E-state index in [9.17, 15) is 0 Å². The Bertz CT molecular complexity index is 466. The summed E-state index contributed by atoms with van der Waals surface area (Å²) in [5, 5.41) is 0.986. The molecule has 0 fully saturated rings. The average molecular weight is 233 g/mol. The topological polar surface area (TPSA) is 42.2 Å². The Kier molecular flexibility index (Phi) is 2.83. The van der Waals surface area contributed by atoms with Crippen LogP contribution < -0.4 is 10.6 Å². The number of nitrogens with zero attached hydrogens (tertiary/aromatic N) is 2. The maximum Gasteiger partial charge on any atom is 0.138 e. The molecule has 0 radical (unpaired) electrons. The van der Waals surface area contributed by atoms with Crippen LogP contribution in [0.4, 0.5) is 11.5 Å². The minimum absolute atomic E-state index is 0.636. The summed E-state index contributed by atoms with van der Waals surface area (Å²) in [5.74, 6) is 0.636. The monoisotopic (exact) mass is 233 g/mol. The summed E-state index contributed by atoms with van der Waals surface area (Å²) in [6.07, 6.45) is 0. The van der Waals surface area contributed by atoms with E-state index in [-0.39, 0.29) is 0 Å². The number of rotatable bonds is 2. The van der Waals surface area contributed by atoms with Crippen molar-refractivity contribution in [1.82, 2.24) is 4.98 Å². The van der Waals surface area contributed by atoms with Gasteiger partial charge >= 0.3 is 0 Å². The molecule has 0 bridgehead atoms. The van der Waals surface area contributed by atoms with Crippen LogP contribution in [0, 0.1) is 6.92 Å². The number of aromatic nitrogens is 1. The van der Waals surface area contributed by atoms with Gasteiger partial charge in [0.1, 0.15) is 10.8 Å². The predicted molar refractivity (Wildman–Crippen MR) is 71.0 cm³/mol. The van der Waals surface area contributed by atoms with Crippen LogP contribution in [-0.2, 0) is 0 Å². The first-order valence-electron chi connectivity index (χ1n) is 5.08. The molecule has 16 heavy (non-hydrogen) atoms. The van der Waals surface area contributed by atoms with Gasteiger partial charge in [-0.15, -0.1) is 11.3 Å². The van der Waals surface area contributed by atoms with E-state index in [1.54, 1.807) is 11.3 Å². The van der Waals surface area contributed by atoms with E-state index in [4.69, 9.17) is 5.73 Å². The van der Waals surface area contributed by atoms with Gasteiger partial charge < -0.3 is 10.6 Å². The number of benzene rings is 1. The van der Waals surface area contributed by atoms with Crippen LogP contribution in [-0.4, -0.2) is 19.1 Å². The molecule has 2 aromatic rings. The number of thiazole rings is 1. The normalized spacial score (nSPS) is 10.4. The zero-order valence-corrected chi connectivity index (χ0v) is 10.5. The van der Waals surface area contributed by atoms with Crippen LogP contribution >= 0.6 is 11.3 Å². The highest BCUT2D eigenvalue weighted by Gasteiger charge is 2.06. The van der Waals surface area contributed by atoms with Gasteiger partial charge in [-0.1, -0.05) is 0 Å². The molecule has 0 atom stereocenters. The molecule has 84 valence electrons. The summed E-state index contributed by atoms with van der Waals surface area (Å²) in [4.78, 5) is 7.49. The van der Waals surface area contributed by atoms with Crippen molar-refractivity contribution in [3.8, 4) is 10.6 Å². The Hall–Kier alpha value is -1.55. The second kappa shape index (κ2) is 4.14. The molecule has 0 unspecified atom stereocenters. The smallest absolute Gasteiger partial charge is 0.138 e. The Balaban J connectivity index is 2.34. The predicted octanol–water partition coefficient (Wildman–Crippen LogP) is 2.77.